The van der Waals surface area contributed by atoms with Gasteiger partial charge in [0.25, 0.3) is 0 Å². The number of hydrogen-bond donors (Lipinski definition) is 1. The molecule has 0 unspecified atom stereocenters. The van der Waals surface area contributed by atoms with E-state index in [1.807, 2.05) is 13.8 Å². The van der Waals surface area contributed by atoms with Crippen LogP contribution in [-0.2, 0) is 40.4 Å². The number of rotatable bonds is 13. The predicted molar refractivity (Wildman–Crippen MR) is 155 cm³/mol. The van der Waals surface area contributed by atoms with E-state index in [2.05, 4.69) is 12.1 Å². The highest BCUT2D eigenvalue weighted by Crippen LogP contribution is 2.64. The van der Waals surface area contributed by atoms with E-state index in [1.54, 1.807) is 0 Å². The molecule has 1 saturated heterocycles. The zero-order valence-electron chi connectivity index (χ0n) is 29.2. The van der Waals surface area contributed by atoms with E-state index in [9.17, 15) is 149 Å². The minimum Gasteiger partial charge on any atom is -0.507 e. The highest BCUT2D eigenvalue weighted by atomic mass is 32.3. The molecule has 0 aliphatic carbocycles. The highest BCUT2D eigenvalue weighted by molar-refractivity contribution is 8.29. The minimum atomic E-state index is -10.9. The van der Waals surface area contributed by atoms with Crippen LogP contribution < -0.4 is 0 Å². The second kappa shape index (κ2) is 16.3. The molecular weight excluding hydrogens is 1050 g/mol. The monoisotopic (exact) mass is 1070 g/mol. The van der Waals surface area contributed by atoms with E-state index in [0.29, 0.717) is 16.6 Å². The van der Waals surface area contributed by atoms with Crippen molar-refractivity contribution < 1.29 is 149 Å². The SMILES string of the molecule is Cc1cc([S+]2CCCC2)cc(C)c1O.O=S(=O)([C-](S(=O)(=O)C(F)(F)C(F)(F)C(F)(F)C(F)(F)F)S(=O)(=O)C(F)(F)C(F)(F)C(F)(F)C(F)(F)F)C(F)(F)C(F)(F)C(F)(F)C(F)(F)F. The van der Waals surface area contributed by atoms with Gasteiger partial charge in [0.1, 0.15) is 46.8 Å². The summed E-state index contributed by atoms with van der Waals surface area (Å²) in [6, 6.07) is 4.33. The number of benzene rings is 1. The van der Waals surface area contributed by atoms with Crippen LogP contribution in [0.15, 0.2) is 17.0 Å². The van der Waals surface area contributed by atoms with Crippen molar-refractivity contribution in [3.63, 3.8) is 0 Å². The lowest BCUT2D eigenvalue weighted by Crippen LogP contribution is -2.69. The molecule has 0 saturated carbocycles. The average Bonchev–Trinajstić information content (AvgIpc) is 3.60. The number of phenols is 1. The van der Waals surface area contributed by atoms with E-state index < -0.39 is 103 Å². The molecule has 0 amide bonds. The number of phenolic OH excluding ortho intramolecular Hbond substituents is 1. The van der Waals surface area contributed by atoms with Crippen LogP contribution in [-0.4, -0.2) is 112 Å². The molecule has 372 valence electrons. The van der Waals surface area contributed by atoms with Crippen LogP contribution in [0.2, 0.25) is 0 Å². The fourth-order valence-electron chi connectivity index (χ4n) is 4.31. The number of hydrogen-bond acceptors (Lipinski definition) is 7. The van der Waals surface area contributed by atoms with Gasteiger partial charge in [-0.1, -0.05) is 0 Å². The van der Waals surface area contributed by atoms with Gasteiger partial charge in [0.2, 0.25) is 0 Å². The van der Waals surface area contributed by atoms with Crippen molar-refractivity contribution in [1.82, 2.24) is 0 Å². The number of sulfone groups is 3. The normalized spacial score (nSPS) is 17.2. The summed E-state index contributed by atoms with van der Waals surface area (Å²) >= 11 is 0. The predicted octanol–water partition coefficient (Wildman–Crippen LogP) is 9.73. The van der Waals surface area contributed by atoms with Gasteiger partial charge >= 0.3 is 69.8 Å². The molecular formula is C25H17F27O7S4. The number of aromatic hydroxyl groups is 1. The first-order chi connectivity index (χ1) is 27.0. The standard InChI is InChI=1S/C13F27O6S3.C12H16OS/c14-2(15,8(26,27)28)5(20,21)11(35,36)47(41,42)1(48(43,44)12(37,38)6(22,23)3(16,17)9(29,30)31)49(45,46)13(39,40)7(24,25)4(18,19)10(32,33)34;1-9-7-11(8-10(2)12(9)13)14-5-3-4-6-14/h;7-8H,3-6H2,1-2H3/q-1;/p+1. The highest BCUT2D eigenvalue weighted by Gasteiger charge is 2.90. The maximum atomic E-state index is 14.1. The summed E-state index contributed by atoms with van der Waals surface area (Å²) in [5.41, 5.74) is 2.05. The van der Waals surface area contributed by atoms with Gasteiger partial charge in [0.05, 0.1) is 3.91 Å². The van der Waals surface area contributed by atoms with Crippen LogP contribution in [0.3, 0.4) is 0 Å². The molecule has 63 heavy (non-hydrogen) atoms. The fraction of sp³-hybridized carbons (Fsp3) is 0.720. The lowest BCUT2D eigenvalue weighted by atomic mass is 10.1. The van der Waals surface area contributed by atoms with Crippen LogP contribution in [0.25, 0.3) is 0 Å². The molecule has 1 aromatic carbocycles. The van der Waals surface area contributed by atoms with E-state index >= 15 is 0 Å². The molecule has 1 N–H and O–H groups in total. The maximum Gasteiger partial charge on any atom is 0.460 e. The van der Waals surface area contributed by atoms with E-state index in [4.69, 9.17) is 0 Å². The first kappa shape index (κ1) is 58.3. The molecule has 0 atom stereocenters. The van der Waals surface area contributed by atoms with Gasteiger partial charge in [-0.25, -0.2) is 0 Å². The Balaban J connectivity index is 0.00000118. The van der Waals surface area contributed by atoms with Gasteiger partial charge < -0.3 is 5.11 Å². The Morgan fingerprint density at radius 3 is 0.825 bits per heavy atom. The van der Waals surface area contributed by atoms with Crippen molar-refractivity contribution in [2.75, 3.05) is 11.5 Å². The molecule has 0 aromatic heterocycles. The van der Waals surface area contributed by atoms with Gasteiger partial charge in [0.15, 0.2) is 4.90 Å². The van der Waals surface area contributed by atoms with Crippen LogP contribution >= 0.6 is 0 Å². The Morgan fingerprint density at radius 1 is 0.429 bits per heavy atom. The Bertz CT molecular complexity index is 1970. The Kier molecular flexibility index (Phi) is 15.1. The molecule has 38 heteroatoms. The number of halogens is 27. The first-order valence-electron chi connectivity index (χ1n) is 14.7. The summed E-state index contributed by atoms with van der Waals surface area (Å²) in [5.74, 6) is -52.1. The molecule has 7 nitrogen and oxygen atoms in total. The van der Waals surface area contributed by atoms with E-state index in [1.165, 1.54) is 29.2 Å². The molecule has 1 aliphatic heterocycles. The van der Waals surface area contributed by atoms with Crippen LogP contribution in [0, 0.1) is 17.8 Å². The molecule has 0 radical (unpaired) electrons. The maximum absolute atomic E-state index is 14.1. The van der Waals surface area contributed by atoms with Crippen molar-refractivity contribution in [2.24, 2.45) is 0 Å². The van der Waals surface area contributed by atoms with E-state index in [-0.39, 0.29) is 0 Å². The summed E-state index contributed by atoms with van der Waals surface area (Å²) in [6.07, 6.45) is -22.6. The molecule has 1 aliphatic rings. The largest absolute Gasteiger partial charge is 0.507 e. The van der Waals surface area contributed by atoms with Crippen LogP contribution in [0.1, 0.15) is 24.0 Å². The molecule has 0 bridgehead atoms. The molecule has 1 heterocycles. The van der Waals surface area contributed by atoms with Crippen LogP contribution in [0.4, 0.5) is 119 Å². The third kappa shape index (κ3) is 8.63. The van der Waals surface area contributed by atoms with Gasteiger partial charge in [-0.05, 0) is 49.9 Å². The summed E-state index contributed by atoms with van der Waals surface area (Å²) < 4.78 is 420. The number of aryl methyl sites for hydroxylation is 2. The topological polar surface area (TPSA) is 123 Å². The van der Waals surface area contributed by atoms with Gasteiger partial charge in [-0.15, -0.1) is 0 Å². The summed E-state index contributed by atoms with van der Waals surface area (Å²) in [6.45, 7) is 3.98. The van der Waals surface area contributed by atoms with Crippen LogP contribution in [0.5, 0.6) is 5.75 Å². The Hall–Kier alpha value is -2.67. The fourth-order valence-corrected chi connectivity index (χ4v) is 14.2. The van der Waals surface area contributed by atoms with Crippen molar-refractivity contribution in [3.8, 4) is 5.75 Å². The van der Waals surface area contributed by atoms with E-state index in [0.717, 1.165) is 11.1 Å². The van der Waals surface area contributed by atoms with Gasteiger partial charge in [-0.2, -0.15) is 119 Å². The van der Waals surface area contributed by atoms with Crippen molar-refractivity contribution >= 4 is 40.4 Å². The summed E-state index contributed by atoms with van der Waals surface area (Å²) in [5, 5.41) is -19.2. The second-order valence-corrected chi connectivity index (χ2v) is 21.1. The molecule has 1 fully saturated rings. The zero-order chi connectivity index (χ0) is 51.2. The van der Waals surface area contributed by atoms with Crippen molar-refractivity contribution in [3.05, 3.63) is 27.2 Å². The minimum absolute atomic E-state index is 0.469. The van der Waals surface area contributed by atoms with Crippen molar-refractivity contribution in [1.29, 1.82) is 0 Å². The molecule has 1 aromatic rings. The number of alkyl halides is 27. The quantitative estimate of drug-likeness (QED) is 0.119. The third-order valence-electron chi connectivity index (χ3n) is 7.85. The van der Waals surface area contributed by atoms with Gasteiger partial charge in [-0.3, -0.25) is 25.3 Å². The van der Waals surface area contributed by atoms with Gasteiger partial charge in [0, 0.05) is 10.9 Å². The molecule has 2 rings (SSSR count). The van der Waals surface area contributed by atoms with Crippen molar-refractivity contribution in [2.45, 2.75) is 101 Å². The second-order valence-electron chi connectivity index (χ2n) is 12.3. The smallest absolute Gasteiger partial charge is 0.460 e. The Labute approximate surface area is 335 Å². The Morgan fingerprint density at radius 2 is 0.635 bits per heavy atom. The lowest BCUT2D eigenvalue weighted by Gasteiger charge is -2.44. The first-order valence-corrected chi connectivity index (χ1v) is 20.7. The summed E-state index contributed by atoms with van der Waals surface area (Å²) in [4.78, 5) is 1.45. The molecule has 0 spiro atoms. The lowest BCUT2D eigenvalue weighted by molar-refractivity contribution is -0.382. The summed E-state index contributed by atoms with van der Waals surface area (Å²) in [7, 11) is -32.1. The average molecular weight is 1070 g/mol. The third-order valence-corrected chi connectivity index (χ3v) is 18.4. The zero-order valence-corrected chi connectivity index (χ0v) is 32.5.